The normalized spacial score (nSPS) is 10.8. The van der Waals surface area contributed by atoms with Gasteiger partial charge in [0.2, 0.25) is 0 Å². The molecule has 0 aliphatic carbocycles. The van der Waals surface area contributed by atoms with Gasteiger partial charge in [-0.15, -0.1) is 0 Å². The molecule has 5 nitrogen and oxygen atoms in total. The molecule has 2 N–H and O–H groups in total. The lowest BCUT2D eigenvalue weighted by Crippen LogP contribution is -2.17. The molecule has 0 saturated heterocycles. The van der Waals surface area contributed by atoms with Crippen LogP contribution in [0, 0.1) is 18.6 Å². The van der Waals surface area contributed by atoms with Gasteiger partial charge >= 0.3 is 0 Å². The van der Waals surface area contributed by atoms with Crippen LogP contribution in [0.3, 0.4) is 0 Å². The molecule has 7 heteroatoms. The van der Waals surface area contributed by atoms with Crippen molar-refractivity contribution < 1.29 is 13.5 Å². The van der Waals surface area contributed by atoms with E-state index in [1.54, 1.807) is 44.4 Å². The molecule has 30 heavy (non-hydrogen) atoms. The molecule has 0 bridgehead atoms. The molecule has 0 aliphatic rings. The number of methoxy groups -OCH3 is 1. The van der Waals surface area contributed by atoms with E-state index in [2.05, 4.69) is 10.1 Å². The Morgan fingerprint density at radius 3 is 2.33 bits per heavy atom. The Kier molecular flexibility index (Phi) is 5.10. The SMILES string of the molecule is COc1ccc(-c2cc(=O)n3[nH]c(C)ccc(-c4ccc(F)cc4F)cc3[nH]2)cc1. The van der Waals surface area contributed by atoms with Crippen molar-refractivity contribution in [2.75, 3.05) is 7.11 Å². The van der Waals surface area contributed by atoms with Gasteiger partial charge in [-0.05, 0) is 66.6 Å². The molecule has 0 amide bonds. The average Bonchev–Trinajstić information content (AvgIpc) is 2.72. The average molecular weight is 407 g/mol. The number of halogens is 2. The molecule has 2 aromatic carbocycles. The van der Waals surface area contributed by atoms with Crippen molar-refractivity contribution in [3.05, 3.63) is 94.4 Å². The summed E-state index contributed by atoms with van der Waals surface area (Å²) in [5, 5.41) is 3.01. The summed E-state index contributed by atoms with van der Waals surface area (Å²) in [5.74, 6) is -0.633. The zero-order valence-electron chi connectivity index (χ0n) is 16.4. The third kappa shape index (κ3) is 3.82. The number of ether oxygens (including phenoxy) is 1. The molecule has 0 aliphatic heterocycles. The maximum atomic E-state index is 14.4. The lowest BCUT2D eigenvalue weighted by Gasteiger charge is -2.09. The van der Waals surface area contributed by atoms with E-state index < -0.39 is 11.6 Å². The van der Waals surface area contributed by atoms with Crippen LogP contribution in [0.1, 0.15) is 5.69 Å². The molecule has 0 unspecified atom stereocenters. The van der Waals surface area contributed by atoms with Crippen LogP contribution in [0.15, 0.2) is 71.5 Å². The third-order valence-corrected chi connectivity index (χ3v) is 4.73. The smallest absolute Gasteiger partial charge is 0.273 e. The summed E-state index contributed by atoms with van der Waals surface area (Å²) < 4.78 is 34.3. The van der Waals surface area contributed by atoms with Gasteiger partial charge in [0, 0.05) is 23.4 Å². The monoisotopic (exact) mass is 407 g/mol. The van der Waals surface area contributed by atoms with E-state index >= 15 is 0 Å². The van der Waals surface area contributed by atoms with Gasteiger partial charge in [-0.2, -0.15) is 0 Å². The maximum Gasteiger partial charge on any atom is 0.273 e. The minimum Gasteiger partial charge on any atom is -0.497 e. The zero-order valence-corrected chi connectivity index (χ0v) is 16.4. The topological polar surface area (TPSA) is 62.3 Å². The van der Waals surface area contributed by atoms with E-state index in [-0.39, 0.29) is 11.1 Å². The van der Waals surface area contributed by atoms with E-state index in [1.165, 1.54) is 22.7 Å². The number of benzene rings is 2. The number of nitrogens with one attached hydrogen (secondary N) is 2. The van der Waals surface area contributed by atoms with Gasteiger partial charge in [0.1, 0.15) is 23.0 Å². The van der Waals surface area contributed by atoms with Crippen LogP contribution in [0.4, 0.5) is 8.78 Å². The van der Waals surface area contributed by atoms with Gasteiger partial charge in [-0.25, -0.2) is 13.3 Å². The molecule has 2 heterocycles. The van der Waals surface area contributed by atoms with Crippen LogP contribution in [-0.4, -0.2) is 21.7 Å². The fraction of sp³-hybridized carbons (Fsp3) is 0.0870. The molecule has 4 rings (SSSR count). The van der Waals surface area contributed by atoms with Crippen molar-refractivity contribution in [2.24, 2.45) is 0 Å². The predicted molar refractivity (Wildman–Crippen MR) is 112 cm³/mol. The predicted octanol–water partition coefficient (Wildman–Crippen LogP) is 5.01. The molecular weight excluding hydrogens is 388 g/mol. The van der Waals surface area contributed by atoms with E-state index in [4.69, 9.17) is 4.74 Å². The molecule has 0 saturated carbocycles. The summed E-state index contributed by atoms with van der Waals surface area (Å²) in [7, 11) is 1.58. The number of aryl methyl sites for hydroxylation is 1. The van der Waals surface area contributed by atoms with Crippen LogP contribution < -0.4 is 10.3 Å². The first-order chi connectivity index (χ1) is 14.4. The van der Waals surface area contributed by atoms with Crippen LogP contribution in [-0.2, 0) is 0 Å². The van der Waals surface area contributed by atoms with Crippen molar-refractivity contribution in [2.45, 2.75) is 6.92 Å². The fourth-order valence-electron chi connectivity index (χ4n) is 3.19. The highest BCUT2D eigenvalue weighted by atomic mass is 19.1. The number of rotatable bonds is 3. The molecule has 2 aromatic heterocycles. The number of H-pyrrole nitrogens is 2. The van der Waals surface area contributed by atoms with E-state index in [9.17, 15) is 13.6 Å². The second-order valence-electron chi connectivity index (χ2n) is 6.82. The lowest BCUT2D eigenvalue weighted by atomic mass is 10.1. The second-order valence-corrected chi connectivity index (χ2v) is 6.82. The summed E-state index contributed by atoms with van der Waals surface area (Å²) in [5.41, 5.74) is 2.90. The standard InChI is InChI=1S/C23H19F2N3O2/c1-14-3-4-16(19-10-7-17(24)12-20(19)25)11-22-26-21(13-23(29)28(22)27-14)15-5-8-18(30-2)9-6-15/h3-13,26-27H,1-2H3. The Morgan fingerprint density at radius 1 is 0.900 bits per heavy atom. The van der Waals surface area contributed by atoms with Gasteiger partial charge in [-0.3, -0.25) is 9.89 Å². The quantitative estimate of drug-likeness (QED) is 0.502. The van der Waals surface area contributed by atoms with Crippen molar-refractivity contribution in [1.82, 2.24) is 14.6 Å². The number of fused-ring (bicyclic) bond motifs is 1. The molecular formula is C23H19F2N3O2. The first-order valence-corrected chi connectivity index (χ1v) is 9.24. The van der Waals surface area contributed by atoms with Crippen LogP contribution >= 0.6 is 0 Å². The fourth-order valence-corrected chi connectivity index (χ4v) is 3.19. The number of aromatic nitrogens is 3. The van der Waals surface area contributed by atoms with Crippen molar-refractivity contribution >= 4 is 5.65 Å². The van der Waals surface area contributed by atoms with Gasteiger partial charge < -0.3 is 9.72 Å². The van der Waals surface area contributed by atoms with Crippen LogP contribution in [0.25, 0.3) is 28.0 Å². The summed E-state index contributed by atoms with van der Waals surface area (Å²) >= 11 is 0. The van der Waals surface area contributed by atoms with Gasteiger partial charge in [-0.1, -0.05) is 6.07 Å². The highest BCUT2D eigenvalue weighted by Gasteiger charge is 2.08. The van der Waals surface area contributed by atoms with Crippen LogP contribution in [0.2, 0.25) is 0 Å². The number of hydrogen-bond donors (Lipinski definition) is 2. The second kappa shape index (κ2) is 7.87. The Labute approximate surface area is 170 Å². The van der Waals surface area contributed by atoms with Crippen LogP contribution in [0.5, 0.6) is 5.75 Å². The van der Waals surface area contributed by atoms with Gasteiger partial charge in [0.05, 0.1) is 12.8 Å². The summed E-state index contributed by atoms with van der Waals surface area (Å²) in [6.07, 6.45) is 0. The largest absolute Gasteiger partial charge is 0.497 e. The first kappa shape index (κ1) is 19.4. The Balaban J connectivity index is 1.98. The van der Waals surface area contributed by atoms with E-state index in [0.717, 1.165) is 11.6 Å². The number of aromatic amines is 2. The van der Waals surface area contributed by atoms with Gasteiger partial charge in [0.15, 0.2) is 0 Å². The minimum atomic E-state index is -0.683. The minimum absolute atomic E-state index is 0.226. The molecule has 0 atom stereocenters. The van der Waals surface area contributed by atoms with E-state index in [1.807, 2.05) is 12.1 Å². The lowest BCUT2D eigenvalue weighted by molar-refractivity contribution is 0.415. The molecule has 0 radical (unpaired) electrons. The summed E-state index contributed by atoms with van der Waals surface area (Å²) in [6, 6.07) is 17.2. The van der Waals surface area contributed by atoms with Crippen molar-refractivity contribution in [3.8, 4) is 28.1 Å². The highest BCUT2D eigenvalue weighted by Crippen LogP contribution is 2.24. The van der Waals surface area contributed by atoms with Gasteiger partial charge in [0.25, 0.3) is 5.56 Å². The number of hydrogen-bond acceptors (Lipinski definition) is 2. The van der Waals surface area contributed by atoms with E-state index in [0.29, 0.717) is 28.3 Å². The maximum absolute atomic E-state index is 14.4. The molecule has 0 fully saturated rings. The summed E-state index contributed by atoms with van der Waals surface area (Å²) in [6.45, 7) is 1.79. The molecule has 152 valence electrons. The molecule has 0 spiro atoms. The zero-order chi connectivity index (χ0) is 21.3. The van der Waals surface area contributed by atoms with Crippen molar-refractivity contribution in [3.63, 3.8) is 0 Å². The molecule has 4 aromatic rings. The Morgan fingerprint density at radius 2 is 1.63 bits per heavy atom. The Hall–Kier alpha value is -3.87. The number of nitrogens with zero attached hydrogens (tertiary/aromatic N) is 1. The highest BCUT2D eigenvalue weighted by molar-refractivity contribution is 5.68. The summed E-state index contributed by atoms with van der Waals surface area (Å²) in [4.78, 5) is 16.0. The first-order valence-electron chi connectivity index (χ1n) is 9.24. The Bertz CT molecular complexity index is 1330. The van der Waals surface area contributed by atoms with Crippen molar-refractivity contribution in [1.29, 1.82) is 0 Å². The third-order valence-electron chi connectivity index (χ3n) is 4.73.